The first-order valence-corrected chi connectivity index (χ1v) is 13.5. The summed E-state index contributed by atoms with van der Waals surface area (Å²) in [6.45, 7) is 12.5. The summed E-state index contributed by atoms with van der Waals surface area (Å²) >= 11 is 0. The summed E-state index contributed by atoms with van der Waals surface area (Å²) in [6.07, 6.45) is 1.45. The summed E-state index contributed by atoms with van der Waals surface area (Å²) in [5, 5.41) is 10.1. The van der Waals surface area contributed by atoms with Gasteiger partial charge in [0, 0.05) is 17.4 Å². The average molecular weight is 419 g/mol. The van der Waals surface area contributed by atoms with Crippen LogP contribution in [0.25, 0.3) is 0 Å². The Bertz CT molecular complexity index is 741. The molecule has 1 unspecified atom stereocenters. The summed E-state index contributed by atoms with van der Waals surface area (Å²) in [5.74, 6) is 0.269. The van der Waals surface area contributed by atoms with Crippen LogP contribution in [0.2, 0.25) is 18.1 Å². The van der Waals surface area contributed by atoms with Gasteiger partial charge in [0.05, 0.1) is 32.0 Å². The molecule has 6 atom stereocenters. The van der Waals surface area contributed by atoms with Crippen molar-refractivity contribution in [1.82, 2.24) is 0 Å². The molecule has 1 aromatic carbocycles. The SMILES string of the molecule is CC(C)(C)[Si](C)(C)O[C@H]1C=C(CO)[C@@H]2CO[C@@H]3COC(c4ccccc4)O[C@H]3[C@@H]12. The van der Waals surface area contributed by atoms with Crippen molar-refractivity contribution in [3.8, 4) is 0 Å². The number of hydrogen-bond donors (Lipinski definition) is 1. The first kappa shape index (κ1) is 21.2. The molecule has 2 heterocycles. The van der Waals surface area contributed by atoms with Crippen LogP contribution in [0.5, 0.6) is 0 Å². The fourth-order valence-corrected chi connectivity index (χ4v) is 5.66. The van der Waals surface area contributed by atoms with Crippen LogP contribution in [0, 0.1) is 11.8 Å². The normalized spacial score (nSPS) is 35.0. The maximum atomic E-state index is 9.97. The number of benzene rings is 1. The van der Waals surface area contributed by atoms with Crippen molar-refractivity contribution in [3.63, 3.8) is 0 Å². The van der Waals surface area contributed by atoms with Crippen molar-refractivity contribution in [2.24, 2.45) is 11.8 Å². The number of ether oxygens (including phenoxy) is 3. The molecular formula is C23H34O5Si. The van der Waals surface area contributed by atoms with Crippen molar-refractivity contribution >= 4 is 8.32 Å². The fraction of sp³-hybridized carbons (Fsp3) is 0.652. The number of rotatable bonds is 4. The van der Waals surface area contributed by atoms with Gasteiger partial charge in [0.1, 0.15) is 6.10 Å². The van der Waals surface area contributed by atoms with E-state index >= 15 is 0 Å². The van der Waals surface area contributed by atoms with Gasteiger partial charge in [0.2, 0.25) is 0 Å². The van der Waals surface area contributed by atoms with E-state index in [-0.39, 0.29) is 41.8 Å². The highest BCUT2D eigenvalue weighted by Gasteiger charge is 2.54. The largest absolute Gasteiger partial charge is 0.410 e. The third-order valence-electron chi connectivity index (χ3n) is 7.12. The Morgan fingerprint density at radius 1 is 1.10 bits per heavy atom. The van der Waals surface area contributed by atoms with Gasteiger partial charge in [-0.15, -0.1) is 0 Å². The van der Waals surface area contributed by atoms with E-state index in [1.165, 1.54) is 0 Å². The van der Waals surface area contributed by atoms with Gasteiger partial charge in [-0.3, -0.25) is 0 Å². The summed E-state index contributed by atoms with van der Waals surface area (Å²) in [7, 11) is -1.98. The molecule has 1 aliphatic carbocycles. The molecule has 0 aromatic heterocycles. The molecule has 6 heteroatoms. The molecule has 160 valence electrons. The predicted molar refractivity (Wildman–Crippen MR) is 114 cm³/mol. The van der Waals surface area contributed by atoms with Gasteiger partial charge in [-0.1, -0.05) is 57.2 Å². The van der Waals surface area contributed by atoms with E-state index in [0.29, 0.717) is 13.2 Å². The standard InChI is InChI=1S/C23H34O5Si/c1-23(2,3)29(4,5)28-18-11-16(12-24)17-13-25-19-14-26-22(27-21(19)20(17)18)15-9-7-6-8-10-15/h6-11,17-22,24H,12-14H2,1-5H3/t17-,18-,19+,20+,21+,22?/m0/s1. The van der Waals surface area contributed by atoms with E-state index in [1.54, 1.807) is 0 Å². The molecule has 29 heavy (non-hydrogen) atoms. The highest BCUT2D eigenvalue weighted by Crippen LogP contribution is 2.48. The average Bonchev–Trinajstić information content (AvgIpc) is 3.05. The second kappa shape index (κ2) is 7.91. The zero-order valence-electron chi connectivity index (χ0n) is 18.1. The summed E-state index contributed by atoms with van der Waals surface area (Å²) in [4.78, 5) is 0. The van der Waals surface area contributed by atoms with Crippen molar-refractivity contribution in [3.05, 3.63) is 47.5 Å². The molecule has 2 aliphatic heterocycles. The number of hydrogen-bond acceptors (Lipinski definition) is 5. The Morgan fingerprint density at radius 3 is 2.48 bits per heavy atom. The van der Waals surface area contributed by atoms with Crippen LogP contribution in [0.4, 0.5) is 0 Å². The minimum Gasteiger partial charge on any atom is -0.410 e. The van der Waals surface area contributed by atoms with E-state index in [1.807, 2.05) is 30.3 Å². The monoisotopic (exact) mass is 418 g/mol. The van der Waals surface area contributed by atoms with E-state index in [0.717, 1.165) is 11.1 Å². The van der Waals surface area contributed by atoms with Gasteiger partial charge in [-0.25, -0.2) is 0 Å². The second-order valence-corrected chi connectivity index (χ2v) is 14.7. The molecule has 3 aliphatic rings. The van der Waals surface area contributed by atoms with Gasteiger partial charge in [0.15, 0.2) is 14.6 Å². The Balaban J connectivity index is 1.60. The molecular weight excluding hydrogens is 384 g/mol. The van der Waals surface area contributed by atoms with Crippen molar-refractivity contribution in [2.75, 3.05) is 19.8 Å². The molecule has 1 aromatic rings. The smallest absolute Gasteiger partial charge is 0.192 e. The summed E-state index contributed by atoms with van der Waals surface area (Å²) in [5.41, 5.74) is 2.03. The molecule has 0 spiro atoms. The molecule has 2 fully saturated rings. The Kier molecular flexibility index (Phi) is 5.79. The quantitative estimate of drug-likeness (QED) is 0.590. The maximum Gasteiger partial charge on any atom is 0.192 e. The van der Waals surface area contributed by atoms with Crippen molar-refractivity contribution in [1.29, 1.82) is 0 Å². The molecule has 4 rings (SSSR count). The number of aliphatic hydroxyl groups is 1. The molecule has 1 N–H and O–H groups in total. The van der Waals surface area contributed by atoms with Gasteiger partial charge in [0.25, 0.3) is 0 Å². The molecule has 5 nitrogen and oxygen atoms in total. The third-order valence-corrected chi connectivity index (χ3v) is 11.6. The van der Waals surface area contributed by atoms with E-state index < -0.39 is 14.6 Å². The Hall–Kier alpha value is -1.02. The molecule has 0 amide bonds. The molecule has 2 saturated heterocycles. The molecule has 0 saturated carbocycles. The first-order valence-electron chi connectivity index (χ1n) is 10.6. The first-order chi connectivity index (χ1) is 13.7. The van der Waals surface area contributed by atoms with Crippen LogP contribution in [0.15, 0.2) is 42.0 Å². The van der Waals surface area contributed by atoms with Gasteiger partial charge in [-0.2, -0.15) is 0 Å². The lowest BCUT2D eigenvalue weighted by Gasteiger charge is -2.48. The highest BCUT2D eigenvalue weighted by molar-refractivity contribution is 6.74. The maximum absolute atomic E-state index is 9.97. The minimum absolute atomic E-state index is 0.0396. The Morgan fingerprint density at radius 2 is 1.83 bits per heavy atom. The van der Waals surface area contributed by atoms with Gasteiger partial charge < -0.3 is 23.7 Å². The van der Waals surface area contributed by atoms with E-state index in [9.17, 15) is 5.11 Å². The fourth-order valence-electron chi connectivity index (χ4n) is 4.40. The Labute approximate surface area is 175 Å². The van der Waals surface area contributed by atoms with Crippen LogP contribution < -0.4 is 0 Å². The zero-order chi connectivity index (χ0) is 20.8. The van der Waals surface area contributed by atoms with Crippen LogP contribution in [0.1, 0.15) is 32.6 Å². The van der Waals surface area contributed by atoms with E-state index in [4.69, 9.17) is 18.6 Å². The highest BCUT2D eigenvalue weighted by atomic mass is 28.4. The van der Waals surface area contributed by atoms with Crippen LogP contribution in [-0.2, 0) is 18.6 Å². The lowest BCUT2D eigenvalue weighted by atomic mass is 9.81. The third kappa shape index (κ3) is 3.99. The molecule has 0 radical (unpaired) electrons. The van der Waals surface area contributed by atoms with Gasteiger partial charge in [-0.05, 0) is 23.7 Å². The number of fused-ring (bicyclic) bond motifs is 3. The van der Waals surface area contributed by atoms with Crippen LogP contribution in [0.3, 0.4) is 0 Å². The topological polar surface area (TPSA) is 57.2 Å². The second-order valence-electron chi connectivity index (χ2n) is 9.97. The summed E-state index contributed by atoms with van der Waals surface area (Å²) < 4.78 is 25.4. The van der Waals surface area contributed by atoms with E-state index in [2.05, 4.69) is 39.9 Å². The lowest BCUT2D eigenvalue weighted by molar-refractivity contribution is -0.301. The van der Waals surface area contributed by atoms with Crippen LogP contribution in [-0.4, -0.2) is 51.6 Å². The minimum atomic E-state index is -1.98. The summed E-state index contributed by atoms with van der Waals surface area (Å²) in [6, 6.07) is 10.0. The van der Waals surface area contributed by atoms with Gasteiger partial charge >= 0.3 is 0 Å². The molecule has 0 bridgehead atoms. The lowest BCUT2D eigenvalue weighted by Crippen LogP contribution is -2.57. The van der Waals surface area contributed by atoms with Crippen molar-refractivity contribution in [2.45, 2.75) is 63.5 Å². The number of aliphatic hydroxyl groups excluding tert-OH is 1. The van der Waals surface area contributed by atoms with Crippen LogP contribution >= 0.6 is 0 Å². The zero-order valence-corrected chi connectivity index (χ0v) is 19.1. The predicted octanol–water partition coefficient (Wildman–Crippen LogP) is 4.05. The van der Waals surface area contributed by atoms with Crippen molar-refractivity contribution < 1.29 is 23.7 Å².